The summed E-state index contributed by atoms with van der Waals surface area (Å²) in [6, 6.07) is 1.21. The Bertz CT molecular complexity index is 1830. The molecule has 0 aliphatic carbocycles. The van der Waals surface area contributed by atoms with E-state index >= 15 is 0 Å². The molecule has 0 unspecified atom stereocenters. The number of rotatable bonds is 17. The van der Waals surface area contributed by atoms with Crippen LogP contribution in [0.15, 0.2) is 35.3 Å². The summed E-state index contributed by atoms with van der Waals surface area (Å²) in [5.41, 5.74) is 17.1. The number of nitrogen functional groups attached to an aromatic ring is 1. The molecule has 3 atom stereocenters. The van der Waals surface area contributed by atoms with Crippen molar-refractivity contribution in [1.29, 1.82) is 0 Å². The van der Waals surface area contributed by atoms with Gasteiger partial charge in [-0.25, -0.2) is 24.4 Å². The van der Waals surface area contributed by atoms with E-state index in [0.717, 1.165) is 0 Å². The van der Waals surface area contributed by atoms with E-state index in [0.29, 0.717) is 11.4 Å². The third-order valence-corrected chi connectivity index (χ3v) is 6.69. The zero-order valence-corrected chi connectivity index (χ0v) is 26.1. The number of anilines is 2. The van der Waals surface area contributed by atoms with E-state index in [9.17, 15) is 38.4 Å². The van der Waals surface area contributed by atoms with Gasteiger partial charge in [-0.3, -0.25) is 29.0 Å². The van der Waals surface area contributed by atoms with E-state index in [-0.39, 0.29) is 42.1 Å². The van der Waals surface area contributed by atoms with E-state index in [2.05, 4.69) is 35.3 Å². The zero-order valence-electron chi connectivity index (χ0n) is 26.1. The van der Waals surface area contributed by atoms with Crippen molar-refractivity contribution in [2.45, 2.75) is 63.2 Å². The molecule has 11 N–H and O–H groups in total. The second-order valence-electron chi connectivity index (χ2n) is 10.6. The van der Waals surface area contributed by atoms with Gasteiger partial charge in [0.2, 0.25) is 5.95 Å². The normalized spacial score (nSPS) is 12.6. The summed E-state index contributed by atoms with van der Waals surface area (Å²) in [4.78, 5) is 111. The van der Waals surface area contributed by atoms with Gasteiger partial charge in [-0.2, -0.15) is 4.98 Å². The lowest BCUT2D eigenvalue weighted by atomic mass is 10.1. The Morgan fingerprint density at radius 1 is 0.820 bits per heavy atom. The number of hydrogen-bond acceptors (Lipinski definition) is 17. The molecule has 3 aromatic rings. The number of H-pyrrole nitrogens is 1. The van der Waals surface area contributed by atoms with Gasteiger partial charge in [-0.1, -0.05) is 0 Å². The molecule has 50 heavy (non-hydrogen) atoms. The van der Waals surface area contributed by atoms with Crippen LogP contribution >= 0.6 is 0 Å². The highest BCUT2D eigenvalue weighted by Gasteiger charge is 2.29. The average Bonchev–Trinajstić information content (AvgIpc) is 3.06. The predicted octanol–water partition coefficient (Wildman–Crippen LogP) is -1.69. The molecule has 0 radical (unpaired) electrons. The number of aromatic nitrogens is 4. The molecule has 0 saturated carbocycles. The van der Waals surface area contributed by atoms with Crippen LogP contribution in [-0.2, 0) is 44.8 Å². The van der Waals surface area contributed by atoms with E-state index in [1.165, 1.54) is 30.5 Å². The second-order valence-corrected chi connectivity index (χ2v) is 10.6. The van der Waals surface area contributed by atoms with Crippen molar-refractivity contribution in [3.8, 4) is 0 Å². The maximum atomic E-state index is 13.1. The van der Waals surface area contributed by atoms with Crippen LogP contribution in [0.3, 0.4) is 0 Å². The number of carboxylic acids is 2. The molecule has 0 aliphatic rings. The van der Waals surface area contributed by atoms with Crippen LogP contribution < -0.4 is 33.4 Å². The van der Waals surface area contributed by atoms with Crippen LogP contribution in [0.4, 0.5) is 11.6 Å². The summed E-state index contributed by atoms with van der Waals surface area (Å²) in [7, 11) is 0. The van der Waals surface area contributed by atoms with Crippen molar-refractivity contribution in [2.75, 3.05) is 11.1 Å². The molecule has 1 aromatic carbocycles. The Hall–Kier alpha value is -6.35. The van der Waals surface area contributed by atoms with Gasteiger partial charge < -0.3 is 47.5 Å². The number of benzene rings is 1. The minimum atomic E-state index is -1.65. The zero-order chi connectivity index (χ0) is 37.0. The monoisotopic (exact) mass is 699 g/mol. The molecular weight excluding hydrogens is 666 g/mol. The molecule has 21 nitrogen and oxygen atoms in total. The standard InChI is InChI=1S/C29H33N9O12/c30-16(5-8-19(39)40)26(46)49-21(43)10-7-18(28(48)50-27(47)17(31)6-9-20(41)42)36-24(44)13-1-3-14(4-2-13)33-11-15-12-34-23-22(35-15)25(45)38-29(32)37-23/h1-4,12,16-18,33H,5-11,30-31H2,(H,36,44)(H,39,40)(H,41,42)(H3,32,34,37,38,45)/t16-,17-,18-/m0/s1. The maximum Gasteiger partial charge on any atom is 0.336 e. The number of hydrogen-bond donors (Lipinski definition) is 8. The first-order valence-corrected chi connectivity index (χ1v) is 14.7. The lowest BCUT2D eigenvalue weighted by Crippen LogP contribution is -2.45. The van der Waals surface area contributed by atoms with E-state index in [4.69, 9.17) is 32.2 Å². The number of amides is 1. The number of aliphatic carboxylic acids is 2. The molecule has 2 aromatic heterocycles. The van der Waals surface area contributed by atoms with Crippen molar-refractivity contribution < 1.29 is 53.2 Å². The van der Waals surface area contributed by atoms with Crippen LogP contribution in [0, 0.1) is 0 Å². The highest BCUT2D eigenvalue weighted by atomic mass is 16.6. The lowest BCUT2D eigenvalue weighted by Gasteiger charge is -2.18. The summed E-state index contributed by atoms with van der Waals surface area (Å²) < 4.78 is 9.32. The highest BCUT2D eigenvalue weighted by Crippen LogP contribution is 2.13. The van der Waals surface area contributed by atoms with Gasteiger partial charge in [0.25, 0.3) is 11.5 Å². The Labute approximate surface area is 280 Å². The van der Waals surface area contributed by atoms with Crippen LogP contribution in [0.2, 0.25) is 0 Å². The summed E-state index contributed by atoms with van der Waals surface area (Å²) in [5, 5.41) is 22.9. The third kappa shape index (κ3) is 11.7. The predicted molar refractivity (Wildman–Crippen MR) is 169 cm³/mol. The van der Waals surface area contributed by atoms with Gasteiger partial charge in [0.15, 0.2) is 11.2 Å². The van der Waals surface area contributed by atoms with Gasteiger partial charge >= 0.3 is 35.8 Å². The van der Waals surface area contributed by atoms with Crippen molar-refractivity contribution in [1.82, 2.24) is 25.3 Å². The van der Waals surface area contributed by atoms with Crippen molar-refractivity contribution in [2.24, 2.45) is 11.5 Å². The number of carbonyl (C=O) groups is 7. The quantitative estimate of drug-likeness (QED) is 0.0575. The topological polar surface area (TPSA) is 352 Å². The summed E-state index contributed by atoms with van der Waals surface area (Å²) >= 11 is 0. The first-order valence-electron chi connectivity index (χ1n) is 14.7. The lowest BCUT2D eigenvalue weighted by molar-refractivity contribution is -0.162. The van der Waals surface area contributed by atoms with Gasteiger partial charge in [0.05, 0.1) is 18.4 Å². The SMILES string of the molecule is Nc1nc2ncc(CNc3ccc(C(=O)N[C@@H](CCC(=O)OC(=O)[C@@H](N)CCC(=O)O)C(=O)OC(=O)[C@@H](N)CCC(=O)O)cc3)nc2c(=O)[nH]1. The number of nitrogens with one attached hydrogen (secondary N) is 3. The highest BCUT2D eigenvalue weighted by molar-refractivity contribution is 5.99. The third-order valence-electron chi connectivity index (χ3n) is 6.69. The minimum absolute atomic E-state index is 0.0123. The van der Waals surface area contributed by atoms with E-state index in [1.807, 2.05) is 0 Å². The Balaban J connectivity index is 1.65. The molecule has 21 heteroatoms. The largest absolute Gasteiger partial charge is 0.481 e. The van der Waals surface area contributed by atoms with Gasteiger partial charge in [-0.15, -0.1) is 0 Å². The van der Waals surface area contributed by atoms with Gasteiger partial charge in [0.1, 0.15) is 18.1 Å². The number of fused-ring (bicyclic) bond motifs is 1. The minimum Gasteiger partial charge on any atom is -0.481 e. The number of carbonyl (C=O) groups excluding carboxylic acids is 5. The van der Waals surface area contributed by atoms with Crippen LogP contribution in [0.5, 0.6) is 0 Å². The average molecular weight is 700 g/mol. The number of aromatic amines is 1. The molecule has 0 fully saturated rings. The Morgan fingerprint density at radius 2 is 1.42 bits per heavy atom. The molecule has 266 valence electrons. The molecule has 0 spiro atoms. The van der Waals surface area contributed by atoms with Crippen LogP contribution in [0.1, 0.15) is 54.6 Å². The number of nitrogens with two attached hydrogens (primary N) is 3. The molecule has 0 bridgehead atoms. The van der Waals surface area contributed by atoms with Crippen molar-refractivity contribution in [3.05, 3.63) is 52.1 Å². The first kappa shape index (κ1) is 38.1. The fraction of sp³-hybridized carbons (Fsp3) is 0.345. The molecule has 3 rings (SSSR count). The van der Waals surface area contributed by atoms with Crippen molar-refractivity contribution >= 4 is 64.5 Å². The Kier molecular flexibility index (Phi) is 13.5. The van der Waals surface area contributed by atoms with Crippen LogP contribution in [0.25, 0.3) is 11.2 Å². The maximum absolute atomic E-state index is 13.1. The molecule has 0 aliphatic heterocycles. The van der Waals surface area contributed by atoms with E-state index in [1.54, 1.807) is 0 Å². The van der Waals surface area contributed by atoms with Crippen molar-refractivity contribution in [3.63, 3.8) is 0 Å². The number of carboxylic acid groups (broad SMARTS) is 2. The molecular formula is C29H33N9O12. The smallest absolute Gasteiger partial charge is 0.336 e. The molecule has 0 saturated heterocycles. The summed E-state index contributed by atoms with van der Waals surface area (Å²) in [5.74, 6) is -8.42. The van der Waals surface area contributed by atoms with Gasteiger partial charge in [-0.05, 0) is 43.5 Å². The Morgan fingerprint density at radius 3 is 2.02 bits per heavy atom. The summed E-state index contributed by atoms with van der Waals surface area (Å²) in [6.45, 7) is 0.123. The fourth-order valence-corrected chi connectivity index (χ4v) is 4.02. The molecule has 2 heterocycles. The number of esters is 4. The number of ether oxygens (including phenoxy) is 2. The van der Waals surface area contributed by atoms with Crippen LogP contribution in [-0.4, -0.2) is 90.0 Å². The number of nitrogens with zero attached hydrogens (tertiary/aromatic N) is 3. The second kappa shape index (κ2) is 17.7. The van der Waals surface area contributed by atoms with E-state index < -0.39 is 91.1 Å². The summed E-state index contributed by atoms with van der Waals surface area (Å²) in [6.07, 6.45) is -1.41. The first-order chi connectivity index (χ1) is 23.6. The molecule has 1 amide bonds. The fourth-order valence-electron chi connectivity index (χ4n) is 4.02. The van der Waals surface area contributed by atoms with Gasteiger partial charge in [0, 0.05) is 30.5 Å².